The number of carboxylic acids is 1. The number of amides is 1. The lowest BCUT2D eigenvalue weighted by Crippen LogP contribution is -2.42. The molecule has 2 atom stereocenters. The standard InChI is InChI=1S/C22H26N2O3/c1-24-13-5-8-19(21(24)17-6-3-2-4-7-17)15-23-20(25)14-16-9-11-18(12-10-16)22(26)27/h2-4,6-7,9-12,19,21H,5,8,13-15H2,1H3,(H,23,25)(H,26,27)/t19-,21-/m0/s1. The highest BCUT2D eigenvalue weighted by molar-refractivity contribution is 5.87. The van der Waals surface area contributed by atoms with Crippen LogP contribution in [0.4, 0.5) is 0 Å². The molecule has 1 heterocycles. The Bertz CT molecular complexity index is 774. The third-order valence-corrected chi connectivity index (χ3v) is 5.28. The minimum absolute atomic E-state index is 0.0295. The van der Waals surface area contributed by atoms with Crippen LogP contribution in [0.15, 0.2) is 54.6 Å². The molecule has 5 heteroatoms. The van der Waals surface area contributed by atoms with E-state index >= 15 is 0 Å². The molecule has 0 bridgehead atoms. The molecule has 2 N–H and O–H groups in total. The predicted molar refractivity (Wildman–Crippen MR) is 105 cm³/mol. The molecule has 0 saturated carbocycles. The Morgan fingerprint density at radius 1 is 1.11 bits per heavy atom. The second kappa shape index (κ2) is 8.82. The van der Waals surface area contributed by atoms with Crippen molar-refractivity contribution in [3.8, 4) is 0 Å². The number of nitrogens with one attached hydrogen (secondary N) is 1. The van der Waals surface area contributed by atoms with Crippen LogP contribution in [-0.2, 0) is 11.2 Å². The van der Waals surface area contributed by atoms with Crippen molar-refractivity contribution >= 4 is 11.9 Å². The Labute approximate surface area is 160 Å². The summed E-state index contributed by atoms with van der Waals surface area (Å²) in [6, 6.07) is 17.3. The van der Waals surface area contributed by atoms with Crippen LogP contribution in [0.25, 0.3) is 0 Å². The summed E-state index contributed by atoms with van der Waals surface area (Å²) in [6.45, 7) is 1.72. The zero-order chi connectivity index (χ0) is 19.2. The second-order valence-corrected chi connectivity index (χ2v) is 7.22. The van der Waals surface area contributed by atoms with Crippen LogP contribution in [0, 0.1) is 5.92 Å². The average Bonchev–Trinajstić information content (AvgIpc) is 2.67. The number of carboxylic acid groups (broad SMARTS) is 1. The SMILES string of the molecule is CN1CCC[C@@H](CNC(=O)Cc2ccc(C(=O)O)cc2)[C@@H]1c1ccccc1. The summed E-state index contributed by atoms with van der Waals surface area (Å²) >= 11 is 0. The fourth-order valence-electron chi connectivity index (χ4n) is 3.91. The van der Waals surface area contributed by atoms with Crippen LogP contribution in [0.1, 0.15) is 40.4 Å². The molecule has 1 aliphatic heterocycles. The molecular weight excluding hydrogens is 340 g/mol. The number of benzene rings is 2. The van der Waals surface area contributed by atoms with Gasteiger partial charge in [-0.25, -0.2) is 4.79 Å². The highest BCUT2D eigenvalue weighted by Gasteiger charge is 2.30. The summed E-state index contributed by atoms with van der Waals surface area (Å²) < 4.78 is 0. The van der Waals surface area contributed by atoms with E-state index in [2.05, 4.69) is 41.5 Å². The molecule has 0 aromatic heterocycles. The van der Waals surface area contributed by atoms with Gasteiger partial charge in [0.1, 0.15) is 0 Å². The molecule has 2 aromatic carbocycles. The van der Waals surface area contributed by atoms with Crippen molar-refractivity contribution in [2.24, 2.45) is 5.92 Å². The van der Waals surface area contributed by atoms with Crippen LogP contribution in [0.3, 0.4) is 0 Å². The monoisotopic (exact) mass is 366 g/mol. The second-order valence-electron chi connectivity index (χ2n) is 7.22. The number of carbonyl (C=O) groups excluding carboxylic acids is 1. The van der Waals surface area contributed by atoms with Crippen LogP contribution < -0.4 is 5.32 Å². The third kappa shape index (κ3) is 4.95. The van der Waals surface area contributed by atoms with Gasteiger partial charge >= 0.3 is 5.97 Å². The number of rotatable bonds is 6. The molecule has 1 fully saturated rings. The van der Waals surface area contributed by atoms with E-state index in [0.717, 1.165) is 24.9 Å². The Hall–Kier alpha value is -2.66. The first-order chi connectivity index (χ1) is 13.0. The average molecular weight is 366 g/mol. The van der Waals surface area contributed by atoms with Gasteiger partial charge in [0.05, 0.1) is 12.0 Å². The van der Waals surface area contributed by atoms with E-state index in [9.17, 15) is 9.59 Å². The smallest absolute Gasteiger partial charge is 0.335 e. The predicted octanol–water partition coefficient (Wildman–Crippen LogP) is 3.13. The third-order valence-electron chi connectivity index (χ3n) is 5.28. The molecule has 1 amide bonds. The van der Waals surface area contributed by atoms with Gasteiger partial charge in [-0.2, -0.15) is 0 Å². The van der Waals surface area contributed by atoms with Crippen LogP contribution >= 0.6 is 0 Å². The molecule has 5 nitrogen and oxygen atoms in total. The van der Waals surface area contributed by atoms with Gasteiger partial charge in [0, 0.05) is 12.6 Å². The Balaban J connectivity index is 1.58. The maximum atomic E-state index is 12.4. The van der Waals surface area contributed by atoms with Crippen LogP contribution in [0.5, 0.6) is 0 Å². The lowest BCUT2D eigenvalue weighted by Gasteiger charge is -2.39. The van der Waals surface area contributed by atoms with E-state index in [4.69, 9.17) is 5.11 Å². The van der Waals surface area contributed by atoms with Crippen LogP contribution in [-0.4, -0.2) is 42.0 Å². The molecule has 0 spiro atoms. The minimum atomic E-state index is -0.959. The number of carbonyl (C=O) groups is 2. The normalized spacial score (nSPS) is 20.2. The summed E-state index contributed by atoms with van der Waals surface area (Å²) in [6.07, 6.45) is 2.49. The van der Waals surface area contributed by atoms with E-state index in [-0.39, 0.29) is 17.9 Å². The van der Waals surface area contributed by atoms with Gasteiger partial charge in [-0.05, 0) is 55.6 Å². The van der Waals surface area contributed by atoms with Gasteiger partial charge in [0.25, 0.3) is 0 Å². The lowest BCUT2D eigenvalue weighted by atomic mass is 9.85. The number of hydrogen-bond donors (Lipinski definition) is 2. The first-order valence-corrected chi connectivity index (χ1v) is 9.38. The summed E-state index contributed by atoms with van der Waals surface area (Å²) in [4.78, 5) is 25.6. The summed E-state index contributed by atoms with van der Waals surface area (Å²) in [5.74, 6) is -0.609. The van der Waals surface area contributed by atoms with Gasteiger partial charge < -0.3 is 10.4 Å². The fraction of sp³-hybridized carbons (Fsp3) is 0.364. The lowest BCUT2D eigenvalue weighted by molar-refractivity contribution is -0.120. The van der Waals surface area contributed by atoms with Crippen molar-refractivity contribution in [3.63, 3.8) is 0 Å². The minimum Gasteiger partial charge on any atom is -0.478 e. The van der Waals surface area contributed by atoms with Crippen molar-refractivity contribution in [2.45, 2.75) is 25.3 Å². The molecule has 0 aliphatic carbocycles. The van der Waals surface area contributed by atoms with Crippen molar-refractivity contribution in [3.05, 3.63) is 71.3 Å². The van der Waals surface area contributed by atoms with Gasteiger partial charge in [0.2, 0.25) is 5.91 Å². The van der Waals surface area contributed by atoms with E-state index < -0.39 is 5.97 Å². The molecule has 142 valence electrons. The number of nitrogens with zero attached hydrogens (tertiary/aromatic N) is 1. The highest BCUT2D eigenvalue weighted by Crippen LogP contribution is 2.34. The van der Waals surface area contributed by atoms with Gasteiger partial charge in [-0.1, -0.05) is 42.5 Å². The quantitative estimate of drug-likeness (QED) is 0.824. The van der Waals surface area contributed by atoms with Gasteiger partial charge in [-0.15, -0.1) is 0 Å². The molecular formula is C22H26N2O3. The van der Waals surface area contributed by atoms with E-state index in [1.807, 2.05) is 6.07 Å². The Morgan fingerprint density at radius 2 is 1.81 bits per heavy atom. The molecule has 27 heavy (non-hydrogen) atoms. The molecule has 2 aromatic rings. The van der Waals surface area contributed by atoms with Crippen molar-refractivity contribution in [2.75, 3.05) is 20.1 Å². The van der Waals surface area contributed by atoms with Gasteiger partial charge in [0.15, 0.2) is 0 Å². The number of piperidine rings is 1. The number of likely N-dealkylation sites (tertiary alicyclic amines) is 1. The summed E-state index contributed by atoms with van der Waals surface area (Å²) in [7, 11) is 2.15. The molecule has 3 rings (SSSR count). The zero-order valence-electron chi connectivity index (χ0n) is 15.6. The highest BCUT2D eigenvalue weighted by atomic mass is 16.4. The van der Waals surface area contributed by atoms with E-state index in [0.29, 0.717) is 18.5 Å². The summed E-state index contributed by atoms with van der Waals surface area (Å²) in [5, 5.41) is 12.0. The fourth-order valence-corrected chi connectivity index (χ4v) is 3.91. The number of hydrogen-bond acceptors (Lipinski definition) is 3. The van der Waals surface area contributed by atoms with Gasteiger partial charge in [-0.3, -0.25) is 9.69 Å². The molecule has 1 saturated heterocycles. The zero-order valence-corrected chi connectivity index (χ0v) is 15.6. The molecule has 0 unspecified atom stereocenters. The van der Waals surface area contributed by atoms with Crippen LogP contribution in [0.2, 0.25) is 0 Å². The maximum Gasteiger partial charge on any atom is 0.335 e. The van der Waals surface area contributed by atoms with E-state index in [1.54, 1.807) is 12.1 Å². The van der Waals surface area contributed by atoms with Crippen molar-refractivity contribution in [1.82, 2.24) is 10.2 Å². The topological polar surface area (TPSA) is 69.6 Å². The maximum absolute atomic E-state index is 12.4. The largest absolute Gasteiger partial charge is 0.478 e. The molecule has 0 radical (unpaired) electrons. The molecule has 1 aliphatic rings. The van der Waals surface area contributed by atoms with E-state index in [1.165, 1.54) is 17.7 Å². The summed E-state index contributed by atoms with van der Waals surface area (Å²) in [5.41, 5.74) is 2.34. The first kappa shape index (κ1) is 19.1. The Morgan fingerprint density at radius 3 is 2.48 bits per heavy atom. The Kier molecular flexibility index (Phi) is 6.24. The van der Waals surface area contributed by atoms with Crippen molar-refractivity contribution < 1.29 is 14.7 Å². The first-order valence-electron chi connectivity index (χ1n) is 9.38. The van der Waals surface area contributed by atoms with Crippen molar-refractivity contribution in [1.29, 1.82) is 0 Å². The number of aromatic carboxylic acids is 1.